The number of hydrogen-bond donors (Lipinski definition) is 2. The topological polar surface area (TPSA) is 76.7 Å². The molecule has 0 bridgehead atoms. The average molecular weight is 314 g/mol. The summed E-state index contributed by atoms with van der Waals surface area (Å²) in [7, 11) is 0. The van der Waals surface area contributed by atoms with Crippen molar-refractivity contribution in [3.63, 3.8) is 0 Å². The lowest BCUT2D eigenvalue weighted by Gasteiger charge is -2.09. The van der Waals surface area contributed by atoms with Gasteiger partial charge >= 0.3 is 6.09 Å². The second kappa shape index (κ2) is 8.43. The third kappa shape index (κ3) is 6.09. The minimum absolute atomic E-state index is 0.127. The van der Waals surface area contributed by atoms with Gasteiger partial charge in [-0.25, -0.2) is 10.2 Å². The zero-order valence-corrected chi connectivity index (χ0v) is 12.7. The SMILES string of the molecule is Cc1cccc(OCC(=O)NNC(=O)OCc2ccccc2)c1. The molecule has 0 aliphatic carbocycles. The van der Waals surface area contributed by atoms with Gasteiger partial charge in [0.2, 0.25) is 0 Å². The Labute approximate surface area is 134 Å². The number of hydrazine groups is 1. The van der Waals surface area contributed by atoms with Gasteiger partial charge in [-0.15, -0.1) is 0 Å². The number of nitrogens with one attached hydrogen (secondary N) is 2. The fourth-order valence-electron chi connectivity index (χ4n) is 1.77. The van der Waals surface area contributed by atoms with Crippen LogP contribution in [0.3, 0.4) is 0 Å². The van der Waals surface area contributed by atoms with Gasteiger partial charge in [-0.1, -0.05) is 42.5 Å². The Hall–Kier alpha value is -3.02. The predicted molar refractivity (Wildman–Crippen MR) is 84.6 cm³/mol. The first kappa shape index (κ1) is 16.4. The molecule has 0 saturated carbocycles. The molecule has 2 N–H and O–H groups in total. The summed E-state index contributed by atoms with van der Waals surface area (Å²) in [5, 5.41) is 0. The first-order valence-electron chi connectivity index (χ1n) is 7.08. The smallest absolute Gasteiger partial charge is 0.426 e. The monoisotopic (exact) mass is 314 g/mol. The van der Waals surface area contributed by atoms with E-state index < -0.39 is 12.0 Å². The van der Waals surface area contributed by atoms with Gasteiger partial charge in [0.15, 0.2) is 6.61 Å². The Balaban J connectivity index is 1.64. The predicted octanol–water partition coefficient (Wildman–Crippen LogP) is 2.33. The van der Waals surface area contributed by atoms with Crippen LogP contribution in [0.2, 0.25) is 0 Å². The minimum Gasteiger partial charge on any atom is -0.484 e. The Kier molecular flexibility index (Phi) is 5.99. The summed E-state index contributed by atoms with van der Waals surface area (Å²) < 4.78 is 10.3. The van der Waals surface area contributed by atoms with Crippen molar-refractivity contribution < 1.29 is 19.1 Å². The fraction of sp³-hybridized carbons (Fsp3) is 0.176. The summed E-state index contributed by atoms with van der Waals surface area (Å²) in [6.45, 7) is 1.85. The Bertz CT molecular complexity index is 659. The quantitative estimate of drug-likeness (QED) is 0.831. The van der Waals surface area contributed by atoms with E-state index in [1.165, 1.54) is 0 Å². The van der Waals surface area contributed by atoms with E-state index in [1.54, 1.807) is 6.07 Å². The molecule has 2 aromatic rings. The normalized spacial score (nSPS) is 9.78. The molecule has 6 heteroatoms. The van der Waals surface area contributed by atoms with Crippen LogP contribution in [0.15, 0.2) is 54.6 Å². The lowest BCUT2D eigenvalue weighted by Crippen LogP contribution is -2.44. The molecule has 0 atom stereocenters. The van der Waals surface area contributed by atoms with Crippen molar-refractivity contribution >= 4 is 12.0 Å². The number of aryl methyl sites for hydroxylation is 1. The molecular formula is C17H18N2O4. The molecule has 0 aliphatic rings. The molecule has 2 aromatic carbocycles. The number of rotatable bonds is 5. The summed E-state index contributed by atoms with van der Waals surface area (Å²) in [6.07, 6.45) is -0.738. The Morgan fingerprint density at radius 3 is 2.52 bits per heavy atom. The van der Waals surface area contributed by atoms with E-state index in [2.05, 4.69) is 10.9 Å². The second-order valence-corrected chi connectivity index (χ2v) is 4.84. The van der Waals surface area contributed by atoms with Crippen LogP contribution in [-0.2, 0) is 16.1 Å². The summed E-state index contributed by atoms with van der Waals surface area (Å²) in [5.41, 5.74) is 6.27. The molecule has 0 aliphatic heterocycles. The highest BCUT2D eigenvalue weighted by atomic mass is 16.6. The maximum absolute atomic E-state index is 11.6. The molecule has 0 radical (unpaired) electrons. The van der Waals surface area contributed by atoms with Crippen LogP contribution >= 0.6 is 0 Å². The van der Waals surface area contributed by atoms with Crippen molar-refractivity contribution in [2.24, 2.45) is 0 Å². The summed E-state index contributed by atoms with van der Waals surface area (Å²) in [6, 6.07) is 16.6. The van der Waals surface area contributed by atoms with Crippen LogP contribution in [0.5, 0.6) is 5.75 Å². The van der Waals surface area contributed by atoms with Crippen LogP contribution in [0.4, 0.5) is 4.79 Å². The van der Waals surface area contributed by atoms with Gasteiger partial charge < -0.3 is 9.47 Å². The summed E-state index contributed by atoms with van der Waals surface area (Å²) in [4.78, 5) is 23.0. The first-order chi connectivity index (χ1) is 11.1. The molecule has 0 aromatic heterocycles. The van der Waals surface area contributed by atoms with Crippen molar-refractivity contribution in [1.29, 1.82) is 0 Å². The van der Waals surface area contributed by atoms with Crippen molar-refractivity contribution in [3.05, 3.63) is 65.7 Å². The van der Waals surface area contributed by atoms with E-state index >= 15 is 0 Å². The molecule has 6 nitrogen and oxygen atoms in total. The minimum atomic E-state index is -0.738. The van der Waals surface area contributed by atoms with E-state index in [0.29, 0.717) is 5.75 Å². The number of carbonyl (C=O) groups excluding carboxylic acids is 2. The van der Waals surface area contributed by atoms with E-state index in [1.807, 2.05) is 55.5 Å². The van der Waals surface area contributed by atoms with E-state index in [-0.39, 0.29) is 13.2 Å². The number of amides is 2. The van der Waals surface area contributed by atoms with Gasteiger partial charge in [0.25, 0.3) is 5.91 Å². The third-order valence-corrected chi connectivity index (χ3v) is 2.88. The molecule has 2 amide bonds. The molecule has 120 valence electrons. The second-order valence-electron chi connectivity index (χ2n) is 4.84. The molecule has 0 heterocycles. The largest absolute Gasteiger partial charge is 0.484 e. The number of benzene rings is 2. The van der Waals surface area contributed by atoms with Gasteiger partial charge in [0, 0.05) is 0 Å². The molecule has 0 spiro atoms. The molecule has 23 heavy (non-hydrogen) atoms. The average Bonchev–Trinajstić information content (AvgIpc) is 2.57. The van der Waals surface area contributed by atoms with Crippen molar-refractivity contribution in [2.45, 2.75) is 13.5 Å². The van der Waals surface area contributed by atoms with E-state index in [0.717, 1.165) is 11.1 Å². The van der Waals surface area contributed by atoms with Crippen LogP contribution in [-0.4, -0.2) is 18.6 Å². The highest BCUT2D eigenvalue weighted by Gasteiger charge is 2.06. The Morgan fingerprint density at radius 1 is 1.00 bits per heavy atom. The summed E-state index contributed by atoms with van der Waals surface area (Å²) in [5.74, 6) is 0.106. The van der Waals surface area contributed by atoms with Gasteiger partial charge in [-0.2, -0.15) is 0 Å². The van der Waals surface area contributed by atoms with Crippen LogP contribution in [0.25, 0.3) is 0 Å². The van der Waals surface area contributed by atoms with Gasteiger partial charge in [-0.05, 0) is 30.2 Å². The molecule has 2 rings (SSSR count). The van der Waals surface area contributed by atoms with Crippen LogP contribution < -0.4 is 15.6 Å². The maximum Gasteiger partial charge on any atom is 0.426 e. The van der Waals surface area contributed by atoms with Gasteiger partial charge in [0.05, 0.1) is 0 Å². The fourth-order valence-corrected chi connectivity index (χ4v) is 1.77. The van der Waals surface area contributed by atoms with E-state index in [9.17, 15) is 9.59 Å². The zero-order valence-electron chi connectivity index (χ0n) is 12.7. The molecular weight excluding hydrogens is 296 g/mol. The van der Waals surface area contributed by atoms with Crippen molar-refractivity contribution in [2.75, 3.05) is 6.61 Å². The van der Waals surface area contributed by atoms with Gasteiger partial charge in [0.1, 0.15) is 12.4 Å². The number of ether oxygens (including phenoxy) is 2. The van der Waals surface area contributed by atoms with Gasteiger partial charge in [-0.3, -0.25) is 10.2 Å². The first-order valence-corrected chi connectivity index (χ1v) is 7.08. The Morgan fingerprint density at radius 2 is 1.78 bits per heavy atom. The third-order valence-electron chi connectivity index (χ3n) is 2.88. The summed E-state index contributed by atoms with van der Waals surface area (Å²) >= 11 is 0. The van der Waals surface area contributed by atoms with Crippen LogP contribution in [0.1, 0.15) is 11.1 Å². The van der Waals surface area contributed by atoms with Crippen molar-refractivity contribution in [3.8, 4) is 5.75 Å². The molecule has 0 saturated heterocycles. The lowest BCUT2D eigenvalue weighted by atomic mass is 10.2. The van der Waals surface area contributed by atoms with E-state index in [4.69, 9.17) is 9.47 Å². The number of carbonyl (C=O) groups is 2. The van der Waals surface area contributed by atoms with Crippen molar-refractivity contribution in [1.82, 2.24) is 10.9 Å². The highest BCUT2D eigenvalue weighted by Crippen LogP contribution is 2.11. The number of hydrogen-bond acceptors (Lipinski definition) is 4. The molecule has 0 fully saturated rings. The zero-order chi connectivity index (χ0) is 16.5. The standard InChI is InChI=1S/C17H18N2O4/c1-13-6-5-9-15(10-13)22-12-16(20)18-19-17(21)23-11-14-7-3-2-4-8-14/h2-10H,11-12H2,1H3,(H,18,20)(H,19,21). The molecule has 0 unspecified atom stereocenters. The maximum atomic E-state index is 11.6. The lowest BCUT2D eigenvalue weighted by molar-refractivity contribution is -0.124. The highest BCUT2D eigenvalue weighted by molar-refractivity contribution is 5.80. The van der Waals surface area contributed by atoms with Crippen LogP contribution in [0, 0.1) is 6.92 Å².